The lowest BCUT2D eigenvalue weighted by Gasteiger charge is -2.18. The van der Waals surface area contributed by atoms with Gasteiger partial charge in [-0.1, -0.05) is 0 Å². The van der Waals surface area contributed by atoms with Gasteiger partial charge in [-0.05, 0) is 18.6 Å². The highest BCUT2D eigenvalue weighted by molar-refractivity contribution is 5.72. The van der Waals surface area contributed by atoms with Gasteiger partial charge in [0.25, 0.3) is 0 Å². The molecular formula is C11H15FN2O3. The number of nitrogens with one attached hydrogen (secondary N) is 1. The molecule has 2 unspecified atom stereocenters. The predicted molar refractivity (Wildman–Crippen MR) is 58.6 cm³/mol. The fourth-order valence-corrected chi connectivity index (χ4v) is 1.35. The van der Waals surface area contributed by atoms with Crippen molar-refractivity contribution < 1.29 is 19.4 Å². The minimum atomic E-state index is -1.42. The second-order valence-electron chi connectivity index (χ2n) is 3.84. The summed E-state index contributed by atoms with van der Waals surface area (Å²) >= 11 is 0. The first-order valence-corrected chi connectivity index (χ1v) is 5.14. The van der Waals surface area contributed by atoms with Crippen molar-refractivity contribution in [3.63, 3.8) is 0 Å². The number of amides is 1. The summed E-state index contributed by atoms with van der Waals surface area (Å²) in [6.45, 7) is 2.83. The summed E-state index contributed by atoms with van der Waals surface area (Å²) in [6.07, 6.45) is -1.38. The van der Waals surface area contributed by atoms with Crippen LogP contribution in [-0.4, -0.2) is 33.8 Å². The molecule has 5 nitrogen and oxygen atoms in total. The van der Waals surface area contributed by atoms with E-state index in [2.05, 4.69) is 10.3 Å². The lowest BCUT2D eigenvalue weighted by atomic mass is 10.0. The van der Waals surface area contributed by atoms with Crippen molar-refractivity contribution in [2.45, 2.75) is 26.1 Å². The van der Waals surface area contributed by atoms with Crippen molar-refractivity contribution in [3.05, 3.63) is 29.3 Å². The molecule has 94 valence electrons. The van der Waals surface area contributed by atoms with Crippen LogP contribution in [0.15, 0.2) is 12.3 Å². The maximum Gasteiger partial charge on any atom is 0.218 e. The Morgan fingerprint density at radius 2 is 2.24 bits per heavy atom. The van der Waals surface area contributed by atoms with Gasteiger partial charge < -0.3 is 15.5 Å². The van der Waals surface area contributed by atoms with Gasteiger partial charge in [-0.3, -0.25) is 4.79 Å². The molecule has 0 saturated carbocycles. The fraction of sp³-hybridized carbons (Fsp3) is 0.455. The molecule has 1 amide bonds. The zero-order chi connectivity index (χ0) is 13.0. The van der Waals surface area contributed by atoms with E-state index in [9.17, 15) is 19.4 Å². The highest BCUT2D eigenvalue weighted by Crippen LogP contribution is 2.19. The van der Waals surface area contributed by atoms with Crippen LogP contribution in [0, 0.1) is 12.9 Å². The number of aliphatic hydroxyl groups is 2. The number of carbonyl (C=O) groups is 1. The Kier molecular flexibility index (Phi) is 4.53. The van der Waals surface area contributed by atoms with E-state index in [-0.39, 0.29) is 18.0 Å². The van der Waals surface area contributed by atoms with E-state index in [0.717, 1.165) is 0 Å². The summed E-state index contributed by atoms with van der Waals surface area (Å²) in [7, 11) is 0. The van der Waals surface area contributed by atoms with Gasteiger partial charge in [-0.25, -0.2) is 4.98 Å². The molecule has 6 heteroatoms. The Balaban J connectivity index is 2.77. The first-order valence-electron chi connectivity index (χ1n) is 5.14. The average molecular weight is 242 g/mol. The van der Waals surface area contributed by atoms with E-state index < -0.39 is 18.2 Å². The molecule has 1 aromatic heterocycles. The Morgan fingerprint density at radius 1 is 1.59 bits per heavy atom. The molecular weight excluding hydrogens is 227 g/mol. The van der Waals surface area contributed by atoms with Gasteiger partial charge >= 0.3 is 0 Å². The van der Waals surface area contributed by atoms with Crippen molar-refractivity contribution in [1.29, 1.82) is 0 Å². The molecule has 0 aliphatic carbocycles. The van der Waals surface area contributed by atoms with Crippen LogP contribution in [0.3, 0.4) is 0 Å². The Bertz CT molecular complexity index is 412. The Morgan fingerprint density at radius 3 is 2.82 bits per heavy atom. The third kappa shape index (κ3) is 3.76. The summed E-state index contributed by atoms with van der Waals surface area (Å²) in [5, 5.41) is 21.6. The van der Waals surface area contributed by atoms with Crippen LogP contribution in [-0.2, 0) is 4.79 Å². The molecule has 0 aliphatic rings. The monoisotopic (exact) mass is 242 g/mol. The molecule has 0 spiro atoms. The first-order chi connectivity index (χ1) is 7.91. The number of carbonyl (C=O) groups excluding carboxylic acids is 1. The predicted octanol–water partition coefficient (Wildman–Crippen LogP) is 0.0595. The number of aliphatic hydroxyl groups excluding tert-OH is 2. The first kappa shape index (κ1) is 13.5. The normalized spacial score (nSPS) is 14.2. The van der Waals surface area contributed by atoms with Gasteiger partial charge in [0.1, 0.15) is 12.2 Å². The second-order valence-corrected chi connectivity index (χ2v) is 3.84. The van der Waals surface area contributed by atoms with Crippen molar-refractivity contribution in [3.8, 4) is 0 Å². The summed E-state index contributed by atoms with van der Waals surface area (Å²) in [5.74, 6) is -1.16. The number of aromatic nitrogens is 1. The van der Waals surface area contributed by atoms with Gasteiger partial charge in [0.05, 0.1) is 0 Å². The molecule has 0 fully saturated rings. The van der Waals surface area contributed by atoms with Crippen molar-refractivity contribution in [1.82, 2.24) is 10.3 Å². The minimum absolute atomic E-state index is 0.0807. The number of hydrogen-bond acceptors (Lipinski definition) is 4. The van der Waals surface area contributed by atoms with E-state index in [1.54, 1.807) is 6.92 Å². The van der Waals surface area contributed by atoms with E-state index >= 15 is 0 Å². The van der Waals surface area contributed by atoms with Crippen LogP contribution in [0.2, 0.25) is 0 Å². The molecule has 3 N–H and O–H groups in total. The lowest BCUT2D eigenvalue weighted by Crippen LogP contribution is -2.34. The standard InChI is InChI=1S/C11H15FN2O3/c1-6-3-8(11(12)14-4-6)10(17)9(16)5-13-7(2)15/h3-4,9-10,16-17H,5H2,1-2H3,(H,13,15). The molecule has 0 aliphatic heterocycles. The number of aryl methyl sites for hydroxylation is 1. The molecule has 0 aromatic carbocycles. The minimum Gasteiger partial charge on any atom is -0.388 e. The second kappa shape index (κ2) is 5.70. The smallest absolute Gasteiger partial charge is 0.218 e. The maximum absolute atomic E-state index is 13.3. The van der Waals surface area contributed by atoms with Crippen LogP contribution in [0.25, 0.3) is 0 Å². The molecule has 1 rings (SSSR count). The number of halogens is 1. The number of hydrogen-bond donors (Lipinski definition) is 3. The summed E-state index contributed by atoms with van der Waals surface area (Å²) < 4.78 is 13.3. The third-order valence-corrected chi connectivity index (χ3v) is 2.25. The molecule has 0 bridgehead atoms. The van der Waals surface area contributed by atoms with E-state index in [1.807, 2.05) is 0 Å². The third-order valence-electron chi connectivity index (χ3n) is 2.25. The average Bonchev–Trinajstić information content (AvgIpc) is 2.28. The van der Waals surface area contributed by atoms with Gasteiger partial charge in [0.2, 0.25) is 11.9 Å². The number of nitrogens with zero attached hydrogens (tertiary/aromatic N) is 1. The lowest BCUT2D eigenvalue weighted by molar-refractivity contribution is -0.119. The highest BCUT2D eigenvalue weighted by atomic mass is 19.1. The van der Waals surface area contributed by atoms with Crippen molar-refractivity contribution in [2.24, 2.45) is 0 Å². The van der Waals surface area contributed by atoms with E-state index in [0.29, 0.717) is 5.56 Å². The zero-order valence-electron chi connectivity index (χ0n) is 9.64. The van der Waals surface area contributed by atoms with Crippen LogP contribution >= 0.6 is 0 Å². The van der Waals surface area contributed by atoms with Gasteiger partial charge in [-0.15, -0.1) is 0 Å². The highest BCUT2D eigenvalue weighted by Gasteiger charge is 2.22. The summed E-state index contributed by atoms with van der Waals surface area (Å²) in [4.78, 5) is 14.1. The van der Waals surface area contributed by atoms with Gasteiger partial charge in [0, 0.05) is 25.2 Å². The Hall–Kier alpha value is -1.53. The van der Waals surface area contributed by atoms with Gasteiger partial charge in [0.15, 0.2) is 0 Å². The van der Waals surface area contributed by atoms with E-state index in [4.69, 9.17) is 0 Å². The molecule has 0 saturated heterocycles. The topological polar surface area (TPSA) is 82.5 Å². The summed E-state index contributed by atoms with van der Waals surface area (Å²) in [5.41, 5.74) is 0.593. The molecule has 17 heavy (non-hydrogen) atoms. The fourth-order valence-electron chi connectivity index (χ4n) is 1.35. The van der Waals surface area contributed by atoms with Crippen LogP contribution < -0.4 is 5.32 Å². The SMILES string of the molecule is CC(=O)NCC(O)C(O)c1cc(C)cnc1F. The molecule has 2 atom stereocenters. The molecule has 0 radical (unpaired) electrons. The van der Waals surface area contributed by atoms with Crippen LogP contribution in [0.5, 0.6) is 0 Å². The number of rotatable bonds is 4. The van der Waals surface area contributed by atoms with Gasteiger partial charge in [-0.2, -0.15) is 4.39 Å². The summed E-state index contributed by atoms with van der Waals surface area (Å²) in [6, 6.07) is 1.41. The molecule has 1 aromatic rings. The number of pyridine rings is 1. The van der Waals surface area contributed by atoms with Crippen LogP contribution in [0.4, 0.5) is 4.39 Å². The quantitative estimate of drug-likeness (QED) is 0.652. The van der Waals surface area contributed by atoms with Crippen molar-refractivity contribution >= 4 is 5.91 Å². The maximum atomic E-state index is 13.3. The Labute approximate surface area is 98.3 Å². The zero-order valence-corrected chi connectivity index (χ0v) is 9.64. The largest absolute Gasteiger partial charge is 0.388 e. The van der Waals surface area contributed by atoms with E-state index in [1.165, 1.54) is 19.2 Å². The molecule has 1 heterocycles. The van der Waals surface area contributed by atoms with Crippen LogP contribution in [0.1, 0.15) is 24.2 Å². The van der Waals surface area contributed by atoms with Crippen molar-refractivity contribution in [2.75, 3.05) is 6.54 Å².